The van der Waals surface area contributed by atoms with Gasteiger partial charge in [-0.3, -0.25) is 9.97 Å². The molecule has 0 spiro atoms. The summed E-state index contributed by atoms with van der Waals surface area (Å²) in [4.78, 5) is 9.80. The summed E-state index contributed by atoms with van der Waals surface area (Å²) in [6, 6.07) is 13.1. The van der Waals surface area contributed by atoms with E-state index < -0.39 is 11.1 Å². The molecule has 3 aromatic rings. The summed E-state index contributed by atoms with van der Waals surface area (Å²) in [5.74, 6) is 1.57. The Bertz CT molecular complexity index is 1080. The van der Waals surface area contributed by atoms with Gasteiger partial charge in [-0.05, 0) is 23.7 Å². The summed E-state index contributed by atoms with van der Waals surface area (Å²) >= 11 is 0. The van der Waals surface area contributed by atoms with Crippen molar-refractivity contribution in [1.82, 2.24) is 9.97 Å². The Kier molecular flexibility index (Phi) is 13.7. The molecule has 0 aliphatic heterocycles. The number of hydrogen-bond acceptors (Lipinski definition) is 2. The second kappa shape index (κ2) is 14.9. The van der Waals surface area contributed by atoms with Crippen LogP contribution in [0.1, 0.15) is 140 Å². The third-order valence-electron chi connectivity index (χ3n) is 7.37. The smallest absolute Gasteiger partial charge is 0.0476 e. The van der Waals surface area contributed by atoms with E-state index in [1.165, 1.54) is 22.3 Å². The fraction of sp³-hybridized carbons (Fsp3) is 0.529. The fourth-order valence-electron chi connectivity index (χ4n) is 4.92. The van der Waals surface area contributed by atoms with Gasteiger partial charge in [0, 0.05) is 75.8 Å². The maximum absolute atomic E-state index is 5.30. The molecule has 40 heavy (non-hydrogen) atoms. The first kappa shape index (κ1) is 36.9. The molecule has 0 saturated heterocycles. The van der Waals surface area contributed by atoms with E-state index >= 15 is 0 Å². The van der Waals surface area contributed by atoms with Crippen molar-refractivity contribution in [1.29, 1.82) is 0 Å². The third-order valence-corrected chi connectivity index (χ3v) is 7.37. The van der Waals surface area contributed by atoms with Crippen molar-refractivity contribution in [3.8, 4) is 0 Å². The monoisotopic (exact) mass is 782 g/mol. The van der Waals surface area contributed by atoms with Gasteiger partial charge >= 0.3 is 0 Å². The van der Waals surface area contributed by atoms with Crippen molar-refractivity contribution in [2.24, 2.45) is 0 Å². The summed E-state index contributed by atoms with van der Waals surface area (Å²) in [6.07, 6.45) is 3.78. The van der Waals surface area contributed by atoms with Gasteiger partial charge in [0.2, 0.25) is 0 Å². The zero-order valence-corrected chi connectivity index (χ0v) is 32.8. The zero-order valence-electron chi connectivity index (χ0n) is 26.7. The largest absolute Gasteiger partial charge is 0.674 e. The predicted octanol–water partition coefficient (Wildman–Crippen LogP) is 10.8. The van der Waals surface area contributed by atoms with Crippen LogP contribution in [0.5, 0.6) is 0 Å². The molecule has 0 bridgehead atoms. The van der Waals surface area contributed by atoms with Crippen molar-refractivity contribution < 1.29 is 52.0 Å². The molecule has 2 aromatic carbocycles. The SMILES string of the molecule is CC(C)c1cccc(C(C)C)c1[N-]C(C)(C)c1cnc(C(C)(C)[N-]c2c(C(C)C)cccc2C(C)C)cn1.[Hf].[Zr]. The van der Waals surface area contributed by atoms with Crippen LogP contribution in [0.3, 0.4) is 0 Å². The average Bonchev–Trinajstić information content (AvgIpc) is 2.83. The van der Waals surface area contributed by atoms with Crippen molar-refractivity contribution in [3.63, 3.8) is 0 Å². The molecular weight excluding hydrogens is 734 g/mol. The molecule has 0 radical (unpaired) electrons. The predicted molar refractivity (Wildman–Crippen MR) is 163 cm³/mol. The fourth-order valence-corrected chi connectivity index (χ4v) is 4.92. The van der Waals surface area contributed by atoms with E-state index in [1.807, 2.05) is 12.4 Å². The summed E-state index contributed by atoms with van der Waals surface area (Å²) in [5, 5.41) is 10.6. The Hall–Kier alpha value is -1.13. The van der Waals surface area contributed by atoms with Gasteiger partial charge in [0.1, 0.15) is 0 Å². The first-order valence-corrected chi connectivity index (χ1v) is 14.2. The van der Waals surface area contributed by atoms with Gasteiger partial charge in [0.05, 0.1) is 0 Å². The van der Waals surface area contributed by atoms with E-state index in [9.17, 15) is 0 Å². The molecule has 4 nitrogen and oxygen atoms in total. The Morgan fingerprint density at radius 3 is 0.975 bits per heavy atom. The minimum Gasteiger partial charge on any atom is -0.674 e. The summed E-state index contributed by atoms with van der Waals surface area (Å²) in [7, 11) is 0. The molecule has 0 fully saturated rings. The quantitative estimate of drug-likeness (QED) is 0.192. The topological polar surface area (TPSA) is 54.0 Å². The number of nitrogens with zero attached hydrogens (tertiary/aromatic N) is 4. The van der Waals surface area contributed by atoms with E-state index in [1.54, 1.807) is 0 Å². The van der Waals surface area contributed by atoms with Gasteiger partial charge in [0.15, 0.2) is 0 Å². The Labute approximate surface area is 282 Å². The minimum atomic E-state index is -0.517. The minimum absolute atomic E-state index is 0. The number of benzene rings is 2. The summed E-state index contributed by atoms with van der Waals surface area (Å²) in [6.45, 7) is 26.3. The summed E-state index contributed by atoms with van der Waals surface area (Å²) < 4.78 is 0. The van der Waals surface area contributed by atoms with Gasteiger partial charge in [-0.1, -0.05) is 153 Å². The molecule has 0 aliphatic rings. The van der Waals surface area contributed by atoms with E-state index in [4.69, 9.17) is 20.6 Å². The molecule has 214 valence electrons. The molecule has 0 atom stereocenters. The van der Waals surface area contributed by atoms with Crippen molar-refractivity contribution in [3.05, 3.63) is 93.1 Å². The van der Waals surface area contributed by atoms with E-state index in [0.29, 0.717) is 23.7 Å². The number of para-hydroxylation sites is 2. The molecule has 1 aromatic heterocycles. The van der Waals surface area contributed by atoms with Gasteiger partial charge in [0.25, 0.3) is 0 Å². The van der Waals surface area contributed by atoms with E-state index in [-0.39, 0.29) is 52.0 Å². The first-order chi connectivity index (χ1) is 17.7. The Balaban J connectivity index is 0.00000400. The number of rotatable bonds is 10. The van der Waals surface area contributed by atoms with Gasteiger partial charge in [-0.2, -0.15) is 0 Å². The number of hydrogen-bond donors (Lipinski definition) is 0. The van der Waals surface area contributed by atoms with Crippen molar-refractivity contribution in [2.75, 3.05) is 0 Å². The maximum Gasteiger partial charge on any atom is 0.0476 e. The van der Waals surface area contributed by atoms with Crippen molar-refractivity contribution >= 4 is 11.4 Å². The van der Waals surface area contributed by atoms with Crippen LogP contribution in [-0.2, 0) is 63.1 Å². The summed E-state index contributed by atoms with van der Waals surface area (Å²) in [5.41, 5.74) is 7.97. The molecule has 1 heterocycles. The van der Waals surface area contributed by atoms with Crippen LogP contribution in [0.2, 0.25) is 0 Å². The number of aromatic nitrogens is 2. The van der Waals surface area contributed by atoms with Crippen LogP contribution in [-0.4, -0.2) is 9.97 Å². The van der Waals surface area contributed by atoms with Crippen LogP contribution in [0.4, 0.5) is 11.4 Å². The molecule has 0 aliphatic carbocycles. The van der Waals surface area contributed by atoms with Crippen LogP contribution < -0.4 is 0 Å². The van der Waals surface area contributed by atoms with Crippen molar-refractivity contribution in [2.45, 2.75) is 118 Å². The first-order valence-electron chi connectivity index (χ1n) is 14.2. The van der Waals surface area contributed by atoms with E-state index in [2.05, 4.69) is 119 Å². The average molecular weight is 783 g/mol. The molecule has 6 heteroatoms. The molecule has 0 N–H and O–H groups in total. The van der Waals surface area contributed by atoms with Gasteiger partial charge in [-0.25, -0.2) is 0 Å². The van der Waals surface area contributed by atoms with Gasteiger partial charge < -0.3 is 10.6 Å². The molecule has 3 rings (SSSR count). The van der Waals surface area contributed by atoms with Crippen LogP contribution in [0.25, 0.3) is 10.6 Å². The van der Waals surface area contributed by atoms with Crippen LogP contribution in [0.15, 0.2) is 48.8 Å². The maximum atomic E-state index is 5.30. The normalized spacial score (nSPS) is 12.0. The second-order valence-electron chi connectivity index (χ2n) is 12.8. The zero-order chi connectivity index (χ0) is 28.4. The van der Waals surface area contributed by atoms with Crippen LogP contribution in [0, 0.1) is 0 Å². The van der Waals surface area contributed by atoms with Gasteiger partial charge in [-0.15, -0.1) is 11.4 Å². The van der Waals surface area contributed by atoms with Crippen LogP contribution >= 0.6 is 0 Å². The Morgan fingerprint density at radius 1 is 0.525 bits per heavy atom. The Morgan fingerprint density at radius 2 is 0.775 bits per heavy atom. The second-order valence-corrected chi connectivity index (χ2v) is 12.8. The molecule has 0 amide bonds. The molecular formula is C34H48HfN4Zr-2. The van der Waals surface area contributed by atoms with E-state index in [0.717, 1.165) is 22.8 Å². The third kappa shape index (κ3) is 8.46. The molecule has 0 saturated carbocycles. The standard InChI is InChI=1S/C34H48N4.Hf.Zr/c1-21(2)25-15-13-16-26(22(3)4)31(25)37-33(9,10)29-19-36-30(20-35-29)34(11,12)38-32-27(23(5)6)17-14-18-28(32)24(7)8;;/h13-24H,1-12H3;;/q-2;;. The molecule has 0 unspecified atom stereocenters.